The van der Waals surface area contributed by atoms with E-state index in [4.69, 9.17) is 11.6 Å². The zero-order valence-corrected chi connectivity index (χ0v) is 24.2. The number of fused-ring (bicyclic) bond motifs is 1. The summed E-state index contributed by atoms with van der Waals surface area (Å²) >= 11 is 6.80. The molecular formula is C31H45ClN2O3. The summed E-state index contributed by atoms with van der Waals surface area (Å²) in [5, 5.41) is 13.9. The predicted octanol–water partition coefficient (Wildman–Crippen LogP) is 7.78. The Morgan fingerprint density at radius 3 is 2.57 bits per heavy atom. The van der Waals surface area contributed by atoms with Crippen molar-refractivity contribution >= 4 is 23.6 Å². The number of hydrogen-bond acceptors (Lipinski definition) is 2. The number of carbonyl (C=O) groups excluding carboxylic acids is 1. The van der Waals surface area contributed by atoms with Crippen molar-refractivity contribution < 1.29 is 14.7 Å². The van der Waals surface area contributed by atoms with Crippen molar-refractivity contribution in [2.24, 2.45) is 23.2 Å². The van der Waals surface area contributed by atoms with E-state index in [1.165, 1.54) is 16.7 Å². The van der Waals surface area contributed by atoms with Crippen LogP contribution < -0.4 is 5.32 Å². The van der Waals surface area contributed by atoms with E-state index in [1.54, 1.807) is 0 Å². The van der Waals surface area contributed by atoms with E-state index >= 15 is 0 Å². The first-order valence-electron chi connectivity index (χ1n) is 14.1. The lowest BCUT2D eigenvalue weighted by atomic mass is 9.83. The summed E-state index contributed by atoms with van der Waals surface area (Å²) in [6.45, 7) is 13.0. The maximum Gasteiger partial charge on any atom is 0.322 e. The number of nitrogens with one attached hydrogen (secondary N) is 1. The molecule has 1 heterocycles. The molecule has 0 saturated heterocycles. The van der Waals surface area contributed by atoms with E-state index in [1.807, 2.05) is 18.7 Å². The lowest BCUT2D eigenvalue weighted by Crippen LogP contribution is -2.56. The lowest BCUT2D eigenvalue weighted by molar-refractivity contribution is -0.142. The Morgan fingerprint density at radius 1 is 1.24 bits per heavy atom. The van der Waals surface area contributed by atoms with Gasteiger partial charge in [-0.2, -0.15) is 0 Å². The van der Waals surface area contributed by atoms with Gasteiger partial charge in [-0.05, 0) is 91.9 Å². The molecule has 5 nitrogen and oxygen atoms in total. The second-order valence-corrected chi connectivity index (χ2v) is 13.8. The number of carbonyl (C=O) groups is 2. The Balaban J connectivity index is 1.63. The van der Waals surface area contributed by atoms with E-state index in [9.17, 15) is 14.7 Å². The fourth-order valence-corrected chi connectivity index (χ4v) is 7.18. The van der Waals surface area contributed by atoms with Gasteiger partial charge in [0, 0.05) is 22.7 Å². The van der Waals surface area contributed by atoms with E-state index < -0.39 is 17.4 Å². The van der Waals surface area contributed by atoms with Crippen molar-refractivity contribution in [2.45, 2.75) is 110 Å². The first-order chi connectivity index (χ1) is 17.3. The average Bonchev–Trinajstić information content (AvgIpc) is 3.01. The standard InChI is InChI=1S/C31H45ClN2O3/c1-7-20-8-11-24(22-10-9-21(26(32)15-22)12-13-30(3,4)5)27-23(14-20)18-34(29(37)33-27)31(6)16-19(2)25(17-31)28(35)36/h9-10,15,18-20,24-25,27H,7-8,11-14,16-17H2,1-6H3,(H,33,37)(H,35,36)/t19?,20?,24?,25-,27?,31?/m0/s1. The van der Waals surface area contributed by atoms with Crippen LogP contribution in [0.15, 0.2) is 30.0 Å². The number of aliphatic carboxylic acids is 1. The predicted molar refractivity (Wildman–Crippen MR) is 150 cm³/mol. The largest absolute Gasteiger partial charge is 0.481 e. The third-order valence-corrected chi connectivity index (χ3v) is 9.59. The quantitative estimate of drug-likeness (QED) is 0.396. The highest BCUT2D eigenvalue weighted by Crippen LogP contribution is 2.46. The van der Waals surface area contributed by atoms with Crippen LogP contribution in [0.1, 0.15) is 104 Å². The zero-order chi connectivity index (χ0) is 27.1. The maximum atomic E-state index is 13.6. The number of hydrogen-bond donors (Lipinski definition) is 2. The van der Waals surface area contributed by atoms with Gasteiger partial charge in [0.05, 0.1) is 12.0 Å². The number of benzene rings is 1. The van der Waals surface area contributed by atoms with Crippen LogP contribution in [0.3, 0.4) is 0 Å². The molecule has 0 bridgehead atoms. The second kappa shape index (κ2) is 10.6. The molecule has 2 amide bonds. The van der Waals surface area contributed by atoms with Gasteiger partial charge in [0.25, 0.3) is 0 Å². The van der Waals surface area contributed by atoms with Crippen molar-refractivity contribution in [3.63, 3.8) is 0 Å². The minimum atomic E-state index is -0.762. The molecule has 1 aromatic rings. The van der Waals surface area contributed by atoms with Crippen LogP contribution in [0.2, 0.25) is 5.02 Å². The van der Waals surface area contributed by atoms with Gasteiger partial charge in [0.2, 0.25) is 0 Å². The molecule has 3 aliphatic rings. The minimum absolute atomic E-state index is 0.0376. The smallest absolute Gasteiger partial charge is 0.322 e. The van der Waals surface area contributed by atoms with Crippen LogP contribution in [-0.2, 0) is 11.2 Å². The summed E-state index contributed by atoms with van der Waals surface area (Å²) in [6.07, 6.45) is 9.48. The van der Waals surface area contributed by atoms with Crippen molar-refractivity contribution in [2.75, 3.05) is 0 Å². The number of rotatable bonds is 6. The highest BCUT2D eigenvalue weighted by molar-refractivity contribution is 6.31. The summed E-state index contributed by atoms with van der Waals surface area (Å²) in [5.41, 5.74) is 3.40. The molecule has 1 aromatic carbocycles. The molecule has 0 aromatic heterocycles. The third-order valence-electron chi connectivity index (χ3n) is 9.24. The molecule has 2 N–H and O–H groups in total. The van der Waals surface area contributed by atoms with Crippen LogP contribution >= 0.6 is 11.6 Å². The average molecular weight is 529 g/mol. The Labute approximate surface area is 228 Å². The van der Waals surface area contributed by atoms with Gasteiger partial charge < -0.3 is 10.4 Å². The van der Waals surface area contributed by atoms with Gasteiger partial charge in [-0.15, -0.1) is 0 Å². The van der Waals surface area contributed by atoms with Gasteiger partial charge in [0.1, 0.15) is 0 Å². The van der Waals surface area contributed by atoms with E-state index in [0.717, 1.165) is 43.5 Å². The molecule has 6 atom stereocenters. The number of carboxylic acids is 1. The molecule has 2 saturated carbocycles. The molecule has 204 valence electrons. The fourth-order valence-electron chi connectivity index (χ4n) is 6.89. The number of aryl methyl sites for hydroxylation is 1. The van der Waals surface area contributed by atoms with Crippen LogP contribution in [0.5, 0.6) is 0 Å². The van der Waals surface area contributed by atoms with E-state index in [-0.39, 0.29) is 29.3 Å². The number of nitrogens with zero attached hydrogens (tertiary/aromatic N) is 1. The van der Waals surface area contributed by atoms with Crippen molar-refractivity contribution in [1.82, 2.24) is 10.2 Å². The molecule has 4 rings (SSSR count). The summed E-state index contributed by atoms with van der Waals surface area (Å²) in [7, 11) is 0. The Kier molecular flexibility index (Phi) is 8.05. The molecule has 37 heavy (non-hydrogen) atoms. The molecule has 6 heteroatoms. The fraction of sp³-hybridized carbons (Fsp3) is 0.677. The lowest BCUT2D eigenvalue weighted by Gasteiger charge is -2.43. The topological polar surface area (TPSA) is 69.6 Å². The summed E-state index contributed by atoms with van der Waals surface area (Å²) < 4.78 is 0. The normalized spacial score (nSPS) is 32.4. The first-order valence-corrected chi connectivity index (χ1v) is 14.5. The Hall–Kier alpha value is -2.01. The van der Waals surface area contributed by atoms with Gasteiger partial charge in [-0.1, -0.05) is 64.8 Å². The number of amides is 2. The number of halogens is 1. The number of carboxylic acid groups (broad SMARTS) is 1. The zero-order valence-electron chi connectivity index (χ0n) is 23.4. The van der Waals surface area contributed by atoms with Crippen LogP contribution in [-0.4, -0.2) is 33.6 Å². The Bertz CT molecular complexity index is 1060. The second-order valence-electron chi connectivity index (χ2n) is 13.4. The van der Waals surface area contributed by atoms with E-state index in [0.29, 0.717) is 18.8 Å². The Morgan fingerprint density at radius 2 is 1.97 bits per heavy atom. The third kappa shape index (κ3) is 6.02. The number of urea groups is 1. The molecule has 1 aliphatic heterocycles. The summed E-state index contributed by atoms with van der Waals surface area (Å²) in [4.78, 5) is 27.2. The molecule has 0 radical (unpaired) electrons. The van der Waals surface area contributed by atoms with Crippen molar-refractivity contribution in [3.05, 3.63) is 46.1 Å². The molecule has 2 fully saturated rings. The molecule has 0 spiro atoms. The van der Waals surface area contributed by atoms with Gasteiger partial charge in [0.15, 0.2) is 0 Å². The first kappa shape index (κ1) is 28.0. The summed E-state index contributed by atoms with van der Waals surface area (Å²) in [6, 6.07) is 6.36. The van der Waals surface area contributed by atoms with Crippen LogP contribution in [0.4, 0.5) is 4.79 Å². The minimum Gasteiger partial charge on any atom is -0.481 e. The highest BCUT2D eigenvalue weighted by atomic mass is 35.5. The van der Waals surface area contributed by atoms with Crippen molar-refractivity contribution in [1.29, 1.82) is 0 Å². The van der Waals surface area contributed by atoms with Gasteiger partial charge in [-0.25, -0.2) is 4.79 Å². The monoisotopic (exact) mass is 528 g/mol. The van der Waals surface area contributed by atoms with Crippen LogP contribution in [0.25, 0.3) is 0 Å². The van der Waals surface area contributed by atoms with Gasteiger partial charge >= 0.3 is 12.0 Å². The van der Waals surface area contributed by atoms with Crippen molar-refractivity contribution in [3.8, 4) is 0 Å². The summed E-state index contributed by atoms with van der Waals surface area (Å²) in [5.74, 6) is -0.402. The highest BCUT2D eigenvalue weighted by Gasteiger charge is 2.50. The van der Waals surface area contributed by atoms with Gasteiger partial charge in [-0.3, -0.25) is 9.69 Å². The molecule has 2 aliphatic carbocycles. The van der Waals surface area contributed by atoms with E-state index in [2.05, 4.69) is 57.4 Å². The molecule has 5 unspecified atom stereocenters. The van der Waals surface area contributed by atoms with Crippen LogP contribution in [0, 0.1) is 23.2 Å². The maximum absolute atomic E-state index is 13.6. The SMILES string of the molecule is CCC1CCC(c2ccc(CCC(C)(C)C)c(Cl)c2)C2NC(=O)N(C3(C)CC(C)[C@@H](C(=O)O)C3)C=C2C1. The molecular weight excluding hydrogens is 484 g/mol.